The quantitative estimate of drug-likeness (QED) is 0.628. The standard InChI is InChI=1S/C9H14O3/c1-6(2)7(10)8(11)9(3)4-12-5-9/h8,11H,1,4-5H2,2-3H3. The van der Waals surface area contributed by atoms with E-state index in [-0.39, 0.29) is 5.78 Å². The molecule has 1 unspecified atom stereocenters. The SMILES string of the molecule is C=C(C)C(=O)C(O)C1(C)COC1. The van der Waals surface area contributed by atoms with Crippen LogP contribution in [0, 0.1) is 5.41 Å². The lowest BCUT2D eigenvalue weighted by Gasteiger charge is -2.41. The molecule has 0 amide bonds. The zero-order valence-electron chi connectivity index (χ0n) is 7.46. The zero-order chi connectivity index (χ0) is 9.35. The topological polar surface area (TPSA) is 46.5 Å². The van der Waals surface area contributed by atoms with Crippen molar-refractivity contribution in [2.75, 3.05) is 13.2 Å². The van der Waals surface area contributed by atoms with E-state index in [0.717, 1.165) is 0 Å². The van der Waals surface area contributed by atoms with Crippen molar-refractivity contribution < 1.29 is 14.6 Å². The van der Waals surface area contributed by atoms with E-state index in [1.54, 1.807) is 6.92 Å². The molecule has 0 aromatic rings. The minimum Gasteiger partial charge on any atom is -0.384 e. The largest absolute Gasteiger partial charge is 0.384 e. The van der Waals surface area contributed by atoms with Gasteiger partial charge in [0.15, 0.2) is 5.78 Å². The molecule has 0 aliphatic carbocycles. The molecule has 1 heterocycles. The first-order chi connectivity index (χ1) is 5.47. The molecule has 1 atom stereocenters. The number of rotatable bonds is 3. The lowest BCUT2D eigenvalue weighted by atomic mass is 9.79. The molecule has 1 aliphatic rings. The first kappa shape index (κ1) is 9.42. The third-order valence-corrected chi connectivity index (χ3v) is 2.19. The molecule has 0 aromatic heterocycles. The highest BCUT2D eigenvalue weighted by Crippen LogP contribution is 2.31. The van der Waals surface area contributed by atoms with Crippen molar-refractivity contribution in [1.29, 1.82) is 0 Å². The van der Waals surface area contributed by atoms with E-state index < -0.39 is 11.5 Å². The summed E-state index contributed by atoms with van der Waals surface area (Å²) >= 11 is 0. The van der Waals surface area contributed by atoms with Gasteiger partial charge in [-0.15, -0.1) is 0 Å². The van der Waals surface area contributed by atoms with Crippen molar-refractivity contribution >= 4 is 5.78 Å². The van der Waals surface area contributed by atoms with E-state index in [9.17, 15) is 9.90 Å². The Morgan fingerprint density at radius 1 is 1.67 bits per heavy atom. The lowest BCUT2D eigenvalue weighted by molar-refractivity contribution is -0.170. The Labute approximate surface area is 72.0 Å². The third kappa shape index (κ3) is 1.42. The van der Waals surface area contributed by atoms with Crippen molar-refractivity contribution in [3.8, 4) is 0 Å². The molecular formula is C9H14O3. The fourth-order valence-corrected chi connectivity index (χ4v) is 1.13. The van der Waals surface area contributed by atoms with Crippen molar-refractivity contribution in [3.63, 3.8) is 0 Å². The Morgan fingerprint density at radius 3 is 2.42 bits per heavy atom. The van der Waals surface area contributed by atoms with Crippen molar-refractivity contribution in [3.05, 3.63) is 12.2 Å². The van der Waals surface area contributed by atoms with Crippen LogP contribution in [0.25, 0.3) is 0 Å². The van der Waals surface area contributed by atoms with Gasteiger partial charge in [-0.1, -0.05) is 13.5 Å². The summed E-state index contributed by atoms with van der Waals surface area (Å²) in [5.41, 5.74) is 0.00590. The fraction of sp³-hybridized carbons (Fsp3) is 0.667. The molecule has 0 bridgehead atoms. The number of aliphatic hydroxyl groups excluding tert-OH is 1. The van der Waals surface area contributed by atoms with Gasteiger partial charge in [0, 0.05) is 5.41 Å². The van der Waals surface area contributed by atoms with E-state index in [1.807, 2.05) is 6.92 Å². The predicted octanol–water partition coefficient (Wildman–Crippen LogP) is 0.529. The summed E-state index contributed by atoms with van der Waals surface area (Å²) in [6, 6.07) is 0. The monoisotopic (exact) mass is 170 g/mol. The number of ether oxygens (including phenoxy) is 1. The molecule has 68 valence electrons. The highest BCUT2D eigenvalue weighted by Gasteiger charge is 2.44. The van der Waals surface area contributed by atoms with Crippen LogP contribution in [-0.4, -0.2) is 30.2 Å². The van der Waals surface area contributed by atoms with Crippen LogP contribution >= 0.6 is 0 Å². The Morgan fingerprint density at radius 2 is 2.17 bits per heavy atom. The zero-order valence-corrected chi connectivity index (χ0v) is 7.46. The van der Waals surface area contributed by atoms with Crippen molar-refractivity contribution in [1.82, 2.24) is 0 Å². The Bertz CT molecular complexity index is 216. The highest BCUT2D eigenvalue weighted by atomic mass is 16.5. The molecule has 3 nitrogen and oxygen atoms in total. The summed E-state index contributed by atoms with van der Waals surface area (Å²) in [7, 11) is 0. The maximum atomic E-state index is 11.3. The molecule has 3 heteroatoms. The van der Waals surface area contributed by atoms with Crippen LogP contribution in [0.5, 0.6) is 0 Å². The van der Waals surface area contributed by atoms with Gasteiger partial charge in [0.1, 0.15) is 6.10 Å². The summed E-state index contributed by atoms with van der Waals surface area (Å²) < 4.78 is 4.95. The molecule has 1 saturated heterocycles. The first-order valence-corrected chi connectivity index (χ1v) is 3.93. The van der Waals surface area contributed by atoms with Gasteiger partial charge in [0.2, 0.25) is 0 Å². The van der Waals surface area contributed by atoms with Gasteiger partial charge in [-0.25, -0.2) is 0 Å². The summed E-state index contributed by atoms with van der Waals surface area (Å²) in [6.45, 7) is 7.84. The van der Waals surface area contributed by atoms with Crippen LogP contribution in [0.15, 0.2) is 12.2 Å². The van der Waals surface area contributed by atoms with Crippen molar-refractivity contribution in [2.24, 2.45) is 5.41 Å². The molecule has 1 N–H and O–H groups in total. The molecule has 0 aromatic carbocycles. The predicted molar refractivity (Wildman–Crippen MR) is 44.8 cm³/mol. The first-order valence-electron chi connectivity index (χ1n) is 3.93. The normalized spacial score (nSPS) is 22.6. The molecule has 1 rings (SSSR count). The maximum absolute atomic E-state index is 11.3. The summed E-state index contributed by atoms with van der Waals surface area (Å²) in [6.07, 6.45) is -0.955. The van der Waals surface area contributed by atoms with Crippen LogP contribution in [0.1, 0.15) is 13.8 Å². The Hall–Kier alpha value is -0.670. The molecule has 1 aliphatic heterocycles. The van der Waals surface area contributed by atoms with Gasteiger partial charge >= 0.3 is 0 Å². The molecule has 0 saturated carbocycles. The number of Topliss-reactive ketones (excluding diaryl/α,β-unsaturated/α-hetero) is 1. The molecule has 0 spiro atoms. The average Bonchev–Trinajstić information content (AvgIpc) is 1.97. The lowest BCUT2D eigenvalue weighted by Crippen LogP contribution is -2.52. The maximum Gasteiger partial charge on any atom is 0.187 e. The number of ketones is 1. The Balaban J connectivity index is 2.63. The van der Waals surface area contributed by atoms with E-state index >= 15 is 0 Å². The molecule has 12 heavy (non-hydrogen) atoms. The smallest absolute Gasteiger partial charge is 0.187 e. The summed E-state index contributed by atoms with van der Waals surface area (Å²) in [4.78, 5) is 11.3. The van der Waals surface area contributed by atoms with Gasteiger partial charge in [-0.3, -0.25) is 4.79 Å². The minimum atomic E-state index is -0.955. The van der Waals surface area contributed by atoms with Crippen molar-refractivity contribution in [2.45, 2.75) is 20.0 Å². The third-order valence-electron chi connectivity index (χ3n) is 2.19. The van der Waals surface area contributed by atoms with Gasteiger partial charge in [0.25, 0.3) is 0 Å². The molecule has 1 fully saturated rings. The highest BCUT2D eigenvalue weighted by molar-refractivity contribution is 5.98. The Kier molecular flexibility index (Phi) is 2.35. The summed E-state index contributed by atoms with van der Waals surface area (Å²) in [5, 5.41) is 9.58. The van der Waals surface area contributed by atoms with Crippen LogP contribution in [0.2, 0.25) is 0 Å². The second kappa shape index (κ2) is 2.99. The van der Waals surface area contributed by atoms with E-state index in [0.29, 0.717) is 18.8 Å². The summed E-state index contributed by atoms with van der Waals surface area (Å²) in [5.74, 6) is -0.277. The van der Waals surface area contributed by atoms with Crippen LogP contribution in [-0.2, 0) is 9.53 Å². The fourth-order valence-electron chi connectivity index (χ4n) is 1.13. The number of carbonyl (C=O) groups excluding carboxylic acids is 1. The van der Waals surface area contributed by atoms with Gasteiger partial charge in [-0.2, -0.15) is 0 Å². The number of carbonyl (C=O) groups is 1. The number of hydrogen-bond acceptors (Lipinski definition) is 3. The second-order valence-electron chi connectivity index (χ2n) is 3.69. The second-order valence-corrected chi connectivity index (χ2v) is 3.69. The van der Waals surface area contributed by atoms with Crippen LogP contribution < -0.4 is 0 Å². The van der Waals surface area contributed by atoms with E-state index in [1.165, 1.54) is 0 Å². The van der Waals surface area contributed by atoms with Gasteiger partial charge < -0.3 is 9.84 Å². The minimum absolute atomic E-state index is 0.277. The van der Waals surface area contributed by atoms with E-state index in [2.05, 4.69) is 6.58 Å². The van der Waals surface area contributed by atoms with Gasteiger partial charge in [0.05, 0.1) is 13.2 Å². The number of hydrogen-bond donors (Lipinski definition) is 1. The average molecular weight is 170 g/mol. The van der Waals surface area contributed by atoms with Gasteiger partial charge in [-0.05, 0) is 12.5 Å². The van der Waals surface area contributed by atoms with Crippen LogP contribution in [0.3, 0.4) is 0 Å². The number of aliphatic hydroxyl groups is 1. The molecular weight excluding hydrogens is 156 g/mol. The molecule has 0 radical (unpaired) electrons. The van der Waals surface area contributed by atoms with Crippen LogP contribution in [0.4, 0.5) is 0 Å². The van der Waals surface area contributed by atoms with E-state index in [4.69, 9.17) is 4.74 Å².